The molecular weight excluding hydrogens is 250 g/mol. The first-order valence-electron chi connectivity index (χ1n) is 5.61. The Kier molecular flexibility index (Phi) is 3.47. The fraction of sp³-hybridized carbons (Fsp3) is 0.333. The molecule has 2 rings (SSSR count). The Balaban J connectivity index is 2.23. The van der Waals surface area contributed by atoms with Crippen LogP contribution in [0.25, 0.3) is 0 Å². The van der Waals surface area contributed by atoms with Gasteiger partial charge >= 0.3 is 0 Å². The van der Waals surface area contributed by atoms with E-state index in [1.807, 2.05) is 13.0 Å². The Morgan fingerprint density at radius 2 is 2.17 bits per heavy atom. The molecule has 1 aromatic carbocycles. The van der Waals surface area contributed by atoms with Crippen molar-refractivity contribution in [1.82, 2.24) is 15.4 Å². The van der Waals surface area contributed by atoms with Crippen molar-refractivity contribution in [2.45, 2.75) is 24.2 Å². The fourth-order valence-electron chi connectivity index (χ4n) is 1.81. The number of rotatable bonds is 4. The van der Waals surface area contributed by atoms with Crippen LogP contribution in [0.15, 0.2) is 35.4 Å². The summed E-state index contributed by atoms with van der Waals surface area (Å²) < 4.78 is 23.0. The van der Waals surface area contributed by atoms with Gasteiger partial charge in [-0.2, -0.15) is 15.4 Å². The van der Waals surface area contributed by atoms with Gasteiger partial charge in [-0.15, -0.1) is 0 Å². The second-order valence-electron chi connectivity index (χ2n) is 4.41. The van der Waals surface area contributed by atoms with Gasteiger partial charge in [-0.25, -0.2) is 8.42 Å². The Labute approximate surface area is 106 Å². The minimum Gasteiger partial charge on any atom is -0.224 e. The summed E-state index contributed by atoms with van der Waals surface area (Å²) in [6, 6.07) is 7.03. The first kappa shape index (κ1) is 12.8. The first-order chi connectivity index (χ1) is 8.47. The molecular formula is C12H15N3O2S. The Morgan fingerprint density at radius 3 is 2.78 bits per heavy atom. The molecule has 0 saturated carbocycles. The van der Waals surface area contributed by atoms with Crippen LogP contribution in [0.5, 0.6) is 0 Å². The fourth-order valence-corrected chi connectivity index (χ4v) is 2.48. The van der Waals surface area contributed by atoms with E-state index in [9.17, 15) is 8.42 Å². The van der Waals surface area contributed by atoms with E-state index in [4.69, 9.17) is 0 Å². The topological polar surface area (TPSA) is 75.7 Å². The minimum absolute atomic E-state index is 0.191. The molecule has 0 bridgehead atoms. The number of sulfone groups is 1. The second kappa shape index (κ2) is 4.89. The highest BCUT2D eigenvalue weighted by atomic mass is 32.2. The maximum atomic E-state index is 11.5. The van der Waals surface area contributed by atoms with Crippen LogP contribution in [0.3, 0.4) is 0 Å². The molecule has 0 spiro atoms. The molecule has 5 nitrogen and oxygen atoms in total. The molecule has 0 radical (unpaired) electrons. The van der Waals surface area contributed by atoms with Crippen LogP contribution in [0.2, 0.25) is 0 Å². The van der Waals surface area contributed by atoms with Gasteiger partial charge in [0.25, 0.3) is 0 Å². The zero-order valence-corrected chi connectivity index (χ0v) is 11.1. The zero-order valence-electron chi connectivity index (χ0n) is 10.3. The van der Waals surface area contributed by atoms with Crippen LogP contribution in [0.4, 0.5) is 0 Å². The Bertz CT molecular complexity index is 621. The molecule has 18 heavy (non-hydrogen) atoms. The van der Waals surface area contributed by atoms with Gasteiger partial charge in [-0.3, -0.25) is 0 Å². The van der Waals surface area contributed by atoms with Gasteiger partial charge < -0.3 is 0 Å². The molecule has 0 saturated heterocycles. The minimum atomic E-state index is -3.16. The molecule has 0 fully saturated rings. The van der Waals surface area contributed by atoms with Gasteiger partial charge in [0.05, 0.1) is 16.8 Å². The number of nitrogens with one attached hydrogen (secondary N) is 1. The quantitative estimate of drug-likeness (QED) is 0.910. The van der Waals surface area contributed by atoms with E-state index in [-0.39, 0.29) is 5.92 Å². The van der Waals surface area contributed by atoms with Crippen LogP contribution in [0, 0.1) is 0 Å². The predicted molar refractivity (Wildman–Crippen MR) is 68.1 cm³/mol. The second-order valence-corrected chi connectivity index (χ2v) is 6.43. The van der Waals surface area contributed by atoms with Crippen molar-refractivity contribution in [1.29, 1.82) is 0 Å². The molecule has 96 valence electrons. The molecule has 0 aliphatic heterocycles. The highest BCUT2D eigenvalue weighted by Gasteiger charge is 2.12. The Hall–Kier alpha value is -1.69. The third kappa shape index (κ3) is 2.95. The van der Waals surface area contributed by atoms with Gasteiger partial charge in [0.15, 0.2) is 9.84 Å². The maximum absolute atomic E-state index is 11.5. The van der Waals surface area contributed by atoms with E-state index in [0.29, 0.717) is 4.90 Å². The van der Waals surface area contributed by atoms with E-state index < -0.39 is 9.84 Å². The Morgan fingerprint density at radius 1 is 1.39 bits per heavy atom. The molecule has 1 unspecified atom stereocenters. The van der Waals surface area contributed by atoms with Crippen molar-refractivity contribution < 1.29 is 8.42 Å². The summed E-state index contributed by atoms with van der Waals surface area (Å²) >= 11 is 0. The number of hydrogen-bond donors (Lipinski definition) is 1. The summed E-state index contributed by atoms with van der Waals surface area (Å²) in [5, 5.41) is 10.3. The molecule has 0 amide bonds. The summed E-state index contributed by atoms with van der Waals surface area (Å²) in [6.07, 6.45) is 3.62. The summed E-state index contributed by atoms with van der Waals surface area (Å²) in [5.41, 5.74) is 1.85. The molecule has 1 N–H and O–H groups in total. The van der Waals surface area contributed by atoms with Crippen LogP contribution < -0.4 is 0 Å². The molecule has 1 aromatic heterocycles. The van der Waals surface area contributed by atoms with Gasteiger partial charge in [0, 0.05) is 6.26 Å². The van der Waals surface area contributed by atoms with E-state index in [1.165, 1.54) is 6.26 Å². The lowest BCUT2D eigenvalue weighted by atomic mass is 9.97. The van der Waals surface area contributed by atoms with Crippen molar-refractivity contribution >= 4 is 9.84 Å². The average Bonchev–Trinajstić information content (AvgIpc) is 2.81. The predicted octanol–water partition coefficient (Wildman–Crippen LogP) is 1.55. The van der Waals surface area contributed by atoms with Gasteiger partial charge in [-0.1, -0.05) is 19.1 Å². The lowest BCUT2D eigenvalue weighted by Crippen LogP contribution is -2.02. The van der Waals surface area contributed by atoms with Gasteiger partial charge in [0.1, 0.15) is 0 Å². The van der Waals surface area contributed by atoms with Gasteiger partial charge in [0.2, 0.25) is 0 Å². The largest absolute Gasteiger partial charge is 0.224 e. The number of nitrogens with zero attached hydrogens (tertiary/aromatic N) is 2. The van der Waals surface area contributed by atoms with E-state index >= 15 is 0 Å². The normalized spacial score (nSPS) is 13.4. The van der Waals surface area contributed by atoms with Crippen LogP contribution in [-0.2, 0) is 16.3 Å². The van der Waals surface area contributed by atoms with Crippen LogP contribution in [-0.4, -0.2) is 30.1 Å². The SMILES string of the molecule is CC(Cc1cn[nH]n1)c1cccc(S(C)(=O)=O)c1. The molecule has 1 heterocycles. The van der Waals surface area contributed by atoms with Crippen molar-refractivity contribution in [3.8, 4) is 0 Å². The number of hydrogen-bond acceptors (Lipinski definition) is 4. The van der Waals surface area contributed by atoms with Crippen molar-refractivity contribution in [3.63, 3.8) is 0 Å². The zero-order chi connectivity index (χ0) is 13.2. The number of benzene rings is 1. The lowest BCUT2D eigenvalue weighted by molar-refractivity contribution is 0.601. The molecule has 2 aromatic rings. The maximum Gasteiger partial charge on any atom is 0.175 e. The summed E-state index contributed by atoms with van der Waals surface area (Å²) in [4.78, 5) is 0.354. The van der Waals surface area contributed by atoms with Gasteiger partial charge in [-0.05, 0) is 30.0 Å². The summed E-state index contributed by atoms with van der Waals surface area (Å²) in [7, 11) is -3.16. The standard InChI is InChI=1S/C12H15N3O2S/c1-9(6-11-8-13-15-14-11)10-4-3-5-12(7-10)18(2,16)17/h3-5,7-9H,6H2,1-2H3,(H,13,14,15). The van der Waals surface area contributed by atoms with E-state index in [0.717, 1.165) is 17.7 Å². The van der Waals surface area contributed by atoms with E-state index in [1.54, 1.807) is 24.4 Å². The highest BCUT2D eigenvalue weighted by molar-refractivity contribution is 7.90. The van der Waals surface area contributed by atoms with Crippen molar-refractivity contribution in [2.75, 3.05) is 6.26 Å². The monoisotopic (exact) mass is 265 g/mol. The first-order valence-corrected chi connectivity index (χ1v) is 7.50. The highest BCUT2D eigenvalue weighted by Crippen LogP contribution is 2.21. The number of aromatic nitrogens is 3. The number of aromatic amines is 1. The smallest absolute Gasteiger partial charge is 0.175 e. The van der Waals surface area contributed by atoms with Crippen LogP contribution >= 0.6 is 0 Å². The molecule has 0 aliphatic rings. The third-order valence-electron chi connectivity index (χ3n) is 2.84. The lowest BCUT2D eigenvalue weighted by Gasteiger charge is -2.11. The van der Waals surface area contributed by atoms with Crippen molar-refractivity contribution in [3.05, 3.63) is 41.7 Å². The molecule has 6 heteroatoms. The van der Waals surface area contributed by atoms with Crippen LogP contribution in [0.1, 0.15) is 24.1 Å². The summed E-state index contributed by atoms with van der Waals surface area (Å²) in [6.45, 7) is 2.04. The number of H-pyrrole nitrogens is 1. The molecule has 0 aliphatic carbocycles. The third-order valence-corrected chi connectivity index (χ3v) is 3.95. The van der Waals surface area contributed by atoms with E-state index in [2.05, 4.69) is 15.4 Å². The molecule has 1 atom stereocenters. The summed E-state index contributed by atoms with van der Waals surface area (Å²) in [5.74, 6) is 0.191. The average molecular weight is 265 g/mol. The van der Waals surface area contributed by atoms with Crippen molar-refractivity contribution in [2.24, 2.45) is 0 Å².